The highest BCUT2D eigenvalue weighted by Gasteiger charge is 2.35. The second-order valence-electron chi connectivity index (χ2n) is 7.43. The molecule has 0 N–H and O–H groups in total. The highest BCUT2D eigenvalue weighted by molar-refractivity contribution is 7.89. The first-order chi connectivity index (χ1) is 14.5. The Bertz CT molecular complexity index is 1250. The van der Waals surface area contributed by atoms with E-state index in [0.717, 1.165) is 23.4 Å². The molecule has 4 aromatic rings. The third-order valence-corrected chi connectivity index (χ3v) is 8.45. The van der Waals surface area contributed by atoms with Gasteiger partial charge >= 0.3 is 0 Å². The quantitative estimate of drug-likeness (QED) is 0.455. The Morgan fingerprint density at radius 3 is 2.43 bits per heavy atom. The van der Waals surface area contributed by atoms with Crippen molar-refractivity contribution >= 4 is 31.6 Å². The van der Waals surface area contributed by atoms with Crippen molar-refractivity contribution in [1.82, 2.24) is 14.3 Å². The van der Waals surface area contributed by atoms with E-state index in [4.69, 9.17) is 9.40 Å². The first kappa shape index (κ1) is 19.4. The number of oxazole rings is 1. The van der Waals surface area contributed by atoms with Crippen molar-refractivity contribution in [3.8, 4) is 11.3 Å². The van der Waals surface area contributed by atoms with Crippen LogP contribution in [0.3, 0.4) is 0 Å². The molecule has 0 amide bonds. The molecule has 0 unspecified atom stereocenters. The van der Waals surface area contributed by atoms with Crippen molar-refractivity contribution < 1.29 is 12.8 Å². The highest BCUT2D eigenvalue weighted by Crippen LogP contribution is 2.36. The van der Waals surface area contributed by atoms with Gasteiger partial charge in [-0.2, -0.15) is 4.31 Å². The van der Waals surface area contributed by atoms with Gasteiger partial charge in [0.05, 0.1) is 15.2 Å². The third-order valence-electron chi connectivity index (χ3n) is 5.44. The summed E-state index contributed by atoms with van der Waals surface area (Å²) in [7, 11) is -3.74. The van der Waals surface area contributed by atoms with Crippen LogP contribution in [0.4, 0.5) is 0 Å². The fraction of sp³-hybridized carbons (Fsp3) is 0.273. The van der Waals surface area contributed by atoms with Gasteiger partial charge in [0.15, 0.2) is 11.7 Å². The normalized spacial score (nSPS) is 16.3. The molecule has 154 valence electrons. The van der Waals surface area contributed by atoms with Crippen molar-refractivity contribution in [2.45, 2.75) is 30.7 Å². The van der Waals surface area contributed by atoms with E-state index < -0.39 is 10.0 Å². The number of thiazole rings is 1. The average Bonchev–Trinajstić information content (AvgIpc) is 3.38. The number of fused-ring (bicyclic) bond motifs is 1. The van der Waals surface area contributed by atoms with Crippen LogP contribution in [0.15, 0.2) is 64.0 Å². The van der Waals surface area contributed by atoms with Gasteiger partial charge in [0.2, 0.25) is 5.03 Å². The van der Waals surface area contributed by atoms with E-state index in [0.29, 0.717) is 30.3 Å². The van der Waals surface area contributed by atoms with Crippen LogP contribution >= 0.6 is 11.3 Å². The summed E-state index contributed by atoms with van der Waals surface area (Å²) in [4.78, 5) is 9.00. The van der Waals surface area contributed by atoms with E-state index in [9.17, 15) is 8.42 Å². The number of benzene rings is 2. The Morgan fingerprint density at radius 2 is 1.70 bits per heavy atom. The van der Waals surface area contributed by atoms with Crippen LogP contribution in [0.25, 0.3) is 21.5 Å². The zero-order valence-corrected chi connectivity index (χ0v) is 18.1. The number of hydrogen-bond acceptors (Lipinski definition) is 6. The van der Waals surface area contributed by atoms with Crippen molar-refractivity contribution in [2.24, 2.45) is 0 Å². The molecule has 5 rings (SSSR count). The second kappa shape index (κ2) is 7.61. The van der Waals surface area contributed by atoms with Crippen LogP contribution in [-0.2, 0) is 10.0 Å². The monoisotopic (exact) mass is 439 g/mol. The van der Waals surface area contributed by atoms with Crippen molar-refractivity contribution in [3.05, 3.63) is 65.5 Å². The molecule has 0 spiro atoms. The van der Waals surface area contributed by atoms with E-state index in [2.05, 4.69) is 11.1 Å². The highest BCUT2D eigenvalue weighted by atomic mass is 32.2. The van der Waals surface area contributed by atoms with E-state index in [1.165, 1.54) is 9.01 Å². The minimum absolute atomic E-state index is 0.00429. The maximum absolute atomic E-state index is 13.4. The lowest BCUT2D eigenvalue weighted by Crippen LogP contribution is -2.38. The van der Waals surface area contributed by atoms with Gasteiger partial charge in [-0.1, -0.05) is 42.5 Å². The molecule has 1 saturated heterocycles. The van der Waals surface area contributed by atoms with Crippen molar-refractivity contribution in [2.75, 3.05) is 13.1 Å². The smallest absolute Gasteiger partial charge is 0.264 e. The summed E-state index contributed by atoms with van der Waals surface area (Å²) < 4.78 is 35.1. The Hall–Kier alpha value is -2.55. The summed E-state index contributed by atoms with van der Waals surface area (Å²) in [5.41, 5.74) is 1.72. The topological polar surface area (TPSA) is 76.3 Å². The predicted molar refractivity (Wildman–Crippen MR) is 117 cm³/mol. The molecule has 0 atom stereocenters. The minimum Gasteiger partial charge on any atom is -0.440 e. The molecule has 0 radical (unpaired) electrons. The van der Waals surface area contributed by atoms with Gasteiger partial charge in [-0.15, -0.1) is 11.3 Å². The number of para-hydroxylation sites is 1. The zero-order valence-electron chi connectivity index (χ0n) is 16.5. The van der Waals surface area contributed by atoms with Gasteiger partial charge in [0.1, 0.15) is 0 Å². The SMILES string of the molecule is Cc1nc(S(=O)(=O)N2CCC(c3nc4ccccc4s3)CC2)c(-c2ccccc2)o1. The zero-order chi connectivity index (χ0) is 20.7. The predicted octanol–water partition coefficient (Wildman–Crippen LogP) is 4.83. The van der Waals surface area contributed by atoms with Gasteiger partial charge in [0.25, 0.3) is 10.0 Å². The van der Waals surface area contributed by atoms with Crippen LogP contribution < -0.4 is 0 Å². The summed E-state index contributed by atoms with van der Waals surface area (Å²) in [6, 6.07) is 17.4. The molecule has 2 aromatic carbocycles. The van der Waals surface area contributed by atoms with Gasteiger partial charge < -0.3 is 4.42 Å². The number of nitrogens with zero attached hydrogens (tertiary/aromatic N) is 3. The number of aryl methyl sites for hydroxylation is 1. The van der Waals surface area contributed by atoms with Gasteiger partial charge in [0, 0.05) is 31.5 Å². The van der Waals surface area contributed by atoms with Gasteiger partial charge in [-0.25, -0.2) is 18.4 Å². The summed E-state index contributed by atoms with van der Waals surface area (Å²) in [5.74, 6) is 0.930. The Labute approximate surface area is 179 Å². The van der Waals surface area contributed by atoms with Gasteiger partial charge in [-0.3, -0.25) is 0 Å². The second-order valence-corrected chi connectivity index (χ2v) is 10.3. The molecule has 0 aliphatic carbocycles. The average molecular weight is 440 g/mol. The fourth-order valence-corrected chi connectivity index (χ4v) is 6.60. The van der Waals surface area contributed by atoms with Crippen LogP contribution in [-0.4, -0.2) is 35.8 Å². The molecule has 1 aliphatic heterocycles. The molecule has 2 aromatic heterocycles. The molecule has 0 saturated carbocycles. The first-order valence-corrected chi connectivity index (χ1v) is 12.2. The fourth-order valence-electron chi connectivity index (χ4n) is 3.88. The molecule has 3 heterocycles. The van der Waals surface area contributed by atoms with Crippen LogP contribution in [0.5, 0.6) is 0 Å². The molecule has 30 heavy (non-hydrogen) atoms. The standard InChI is InChI=1S/C22H21N3O3S2/c1-15-23-22(20(28-15)16-7-3-2-4-8-16)30(26,27)25-13-11-17(12-14-25)21-24-18-9-5-6-10-19(18)29-21/h2-10,17H,11-14H2,1H3. The molecule has 1 aliphatic rings. The molecule has 8 heteroatoms. The summed E-state index contributed by atoms with van der Waals surface area (Å²) >= 11 is 1.71. The Balaban J connectivity index is 1.38. The maximum atomic E-state index is 13.4. The molecular formula is C22H21N3O3S2. The van der Waals surface area contributed by atoms with E-state index >= 15 is 0 Å². The lowest BCUT2D eigenvalue weighted by Gasteiger charge is -2.29. The van der Waals surface area contributed by atoms with E-state index in [1.807, 2.05) is 48.5 Å². The van der Waals surface area contributed by atoms with Crippen LogP contribution in [0, 0.1) is 6.92 Å². The lowest BCUT2D eigenvalue weighted by molar-refractivity contribution is 0.318. The number of aromatic nitrogens is 2. The number of sulfonamides is 1. The summed E-state index contributed by atoms with van der Waals surface area (Å²) in [5, 5.41) is 1.10. The van der Waals surface area contributed by atoms with Crippen molar-refractivity contribution in [1.29, 1.82) is 0 Å². The Morgan fingerprint density at radius 1 is 1.00 bits per heavy atom. The molecule has 1 fully saturated rings. The minimum atomic E-state index is -3.74. The molecule has 0 bridgehead atoms. The molecule has 6 nitrogen and oxygen atoms in total. The number of rotatable bonds is 4. The van der Waals surface area contributed by atoms with Crippen LogP contribution in [0.1, 0.15) is 29.7 Å². The van der Waals surface area contributed by atoms with Gasteiger partial charge in [-0.05, 0) is 25.0 Å². The summed E-state index contributed by atoms with van der Waals surface area (Å²) in [6.45, 7) is 2.57. The number of piperidine rings is 1. The number of hydrogen-bond donors (Lipinski definition) is 0. The Kier molecular flexibility index (Phi) is 4.92. The third kappa shape index (κ3) is 3.45. The van der Waals surface area contributed by atoms with E-state index in [1.54, 1.807) is 18.3 Å². The maximum Gasteiger partial charge on any atom is 0.264 e. The molecular weight excluding hydrogens is 418 g/mol. The largest absolute Gasteiger partial charge is 0.440 e. The first-order valence-electron chi connectivity index (χ1n) is 9.91. The summed E-state index contributed by atoms with van der Waals surface area (Å²) in [6.07, 6.45) is 1.49. The lowest BCUT2D eigenvalue weighted by atomic mass is 9.99. The van der Waals surface area contributed by atoms with Crippen molar-refractivity contribution in [3.63, 3.8) is 0 Å². The van der Waals surface area contributed by atoms with Crippen LogP contribution in [0.2, 0.25) is 0 Å². The van der Waals surface area contributed by atoms with E-state index in [-0.39, 0.29) is 10.9 Å².